The summed E-state index contributed by atoms with van der Waals surface area (Å²) in [5.74, 6) is -2.12. The van der Waals surface area contributed by atoms with Crippen LogP contribution in [0, 0.1) is 11.6 Å². The third kappa shape index (κ3) is 2.68. The van der Waals surface area contributed by atoms with E-state index in [1.54, 1.807) is 12.3 Å². The molecule has 2 aromatic rings. The van der Waals surface area contributed by atoms with E-state index in [-0.39, 0.29) is 12.6 Å². The van der Waals surface area contributed by atoms with Gasteiger partial charge in [0.05, 0.1) is 12.3 Å². The minimum atomic E-state index is -0.961. The van der Waals surface area contributed by atoms with Gasteiger partial charge in [0.1, 0.15) is 5.76 Å². The van der Waals surface area contributed by atoms with Crippen LogP contribution in [0.2, 0.25) is 0 Å². The van der Waals surface area contributed by atoms with Gasteiger partial charge in [0.2, 0.25) is 0 Å². The molecule has 0 aliphatic heterocycles. The lowest BCUT2D eigenvalue weighted by Crippen LogP contribution is -2.17. The second-order valence-electron chi connectivity index (χ2n) is 4.03. The zero-order valence-corrected chi connectivity index (χ0v) is 9.78. The summed E-state index contributed by atoms with van der Waals surface area (Å²) in [5.41, 5.74) is 0.418. The molecule has 1 heterocycles. The quantitative estimate of drug-likeness (QED) is 0.880. The molecular formula is C13H13F2NO2. The van der Waals surface area contributed by atoms with Gasteiger partial charge < -0.3 is 14.8 Å². The number of phenols is 1. The molecule has 2 N–H and O–H groups in total. The Balaban J connectivity index is 2.02. The first-order valence-electron chi connectivity index (χ1n) is 5.51. The molecule has 0 saturated heterocycles. The lowest BCUT2D eigenvalue weighted by atomic mass is 10.1. The van der Waals surface area contributed by atoms with Crippen molar-refractivity contribution in [2.45, 2.75) is 19.5 Å². The molecule has 1 atom stereocenters. The Morgan fingerprint density at radius 1 is 1.33 bits per heavy atom. The van der Waals surface area contributed by atoms with Gasteiger partial charge in [-0.25, -0.2) is 8.78 Å². The fourth-order valence-electron chi connectivity index (χ4n) is 1.63. The number of hydrogen-bond donors (Lipinski definition) is 2. The monoisotopic (exact) mass is 253 g/mol. The highest BCUT2D eigenvalue weighted by atomic mass is 19.1. The van der Waals surface area contributed by atoms with Gasteiger partial charge in [-0.1, -0.05) is 0 Å². The van der Waals surface area contributed by atoms with Gasteiger partial charge >= 0.3 is 0 Å². The number of halogens is 2. The van der Waals surface area contributed by atoms with Crippen molar-refractivity contribution < 1.29 is 18.3 Å². The van der Waals surface area contributed by atoms with Gasteiger partial charge in [-0.3, -0.25) is 0 Å². The molecule has 3 nitrogen and oxygen atoms in total. The minimum absolute atomic E-state index is 0.0695. The van der Waals surface area contributed by atoms with Crippen LogP contribution in [-0.2, 0) is 6.54 Å². The molecule has 0 amide bonds. The van der Waals surface area contributed by atoms with Crippen LogP contribution < -0.4 is 5.32 Å². The summed E-state index contributed by atoms with van der Waals surface area (Å²) in [5, 5.41) is 12.0. The Bertz CT molecular complexity index is 503. The van der Waals surface area contributed by atoms with E-state index in [2.05, 4.69) is 5.32 Å². The molecule has 5 heteroatoms. The molecule has 1 aromatic heterocycles. The maximum Gasteiger partial charge on any atom is 0.187 e. The zero-order chi connectivity index (χ0) is 13.1. The van der Waals surface area contributed by atoms with E-state index in [9.17, 15) is 8.78 Å². The summed E-state index contributed by atoms with van der Waals surface area (Å²) in [6, 6.07) is 5.71. The van der Waals surface area contributed by atoms with Crippen molar-refractivity contribution >= 4 is 0 Å². The summed E-state index contributed by atoms with van der Waals surface area (Å²) >= 11 is 0. The maximum atomic E-state index is 13.1. The van der Waals surface area contributed by atoms with Gasteiger partial charge in [-0.05, 0) is 36.8 Å². The van der Waals surface area contributed by atoms with Crippen molar-refractivity contribution in [1.82, 2.24) is 5.32 Å². The van der Waals surface area contributed by atoms with E-state index in [4.69, 9.17) is 9.52 Å². The molecular weight excluding hydrogens is 240 g/mol. The van der Waals surface area contributed by atoms with Gasteiger partial charge in [-0.15, -0.1) is 0 Å². The number of benzene rings is 1. The topological polar surface area (TPSA) is 45.4 Å². The highest BCUT2D eigenvalue weighted by molar-refractivity contribution is 5.30. The molecule has 0 aliphatic carbocycles. The number of phenolic OH excluding ortho intramolecular Hbond substituents is 1. The predicted octanol–water partition coefficient (Wildman–Crippen LogP) is 3.11. The zero-order valence-electron chi connectivity index (χ0n) is 9.78. The van der Waals surface area contributed by atoms with E-state index >= 15 is 0 Å². The van der Waals surface area contributed by atoms with Crippen molar-refractivity contribution in [3.05, 3.63) is 53.5 Å². The molecule has 0 spiro atoms. The molecule has 1 unspecified atom stereocenters. The predicted molar refractivity (Wildman–Crippen MR) is 62.0 cm³/mol. The summed E-state index contributed by atoms with van der Waals surface area (Å²) < 4.78 is 31.4. The lowest BCUT2D eigenvalue weighted by Gasteiger charge is -2.11. The average molecular weight is 253 g/mol. The van der Waals surface area contributed by atoms with E-state index < -0.39 is 17.4 Å². The summed E-state index contributed by atoms with van der Waals surface area (Å²) in [6.07, 6.45) is 1.56. The second-order valence-corrected chi connectivity index (χ2v) is 4.03. The SMILES string of the molecule is CC(NCc1cc(F)c(O)c(F)c1)c1ccco1. The molecule has 0 saturated carbocycles. The molecule has 0 radical (unpaired) electrons. The Morgan fingerprint density at radius 2 is 2.00 bits per heavy atom. The molecule has 96 valence electrons. The van der Waals surface area contributed by atoms with Crippen LogP contribution in [0.4, 0.5) is 8.78 Å². The number of hydrogen-bond acceptors (Lipinski definition) is 3. The Labute approximate surface area is 103 Å². The summed E-state index contributed by atoms with van der Waals surface area (Å²) in [4.78, 5) is 0. The largest absolute Gasteiger partial charge is 0.503 e. The van der Waals surface area contributed by atoms with E-state index in [1.165, 1.54) is 0 Å². The maximum absolute atomic E-state index is 13.1. The number of rotatable bonds is 4. The molecule has 2 rings (SSSR count). The first kappa shape index (κ1) is 12.6. The molecule has 1 aromatic carbocycles. The van der Waals surface area contributed by atoms with Gasteiger partial charge in [0.25, 0.3) is 0 Å². The van der Waals surface area contributed by atoms with Crippen LogP contribution in [0.3, 0.4) is 0 Å². The molecule has 0 bridgehead atoms. The van der Waals surface area contributed by atoms with Crippen LogP contribution >= 0.6 is 0 Å². The van der Waals surface area contributed by atoms with Crippen molar-refractivity contribution in [3.8, 4) is 5.75 Å². The van der Waals surface area contributed by atoms with Gasteiger partial charge in [0, 0.05) is 6.54 Å². The molecule has 0 fully saturated rings. The Kier molecular flexibility index (Phi) is 3.62. The third-order valence-corrected chi connectivity index (χ3v) is 2.66. The fourth-order valence-corrected chi connectivity index (χ4v) is 1.63. The van der Waals surface area contributed by atoms with Crippen LogP contribution in [0.15, 0.2) is 34.9 Å². The second kappa shape index (κ2) is 5.18. The lowest BCUT2D eigenvalue weighted by molar-refractivity contribution is 0.393. The first-order valence-corrected chi connectivity index (χ1v) is 5.51. The molecule has 18 heavy (non-hydrogen) atoms. The van der Waals surface area contributed by atoms with Crippen LogP contribution in [-0.4, -0.2) is 5.11 Å². The smallest absolute Gasteiger partial charge is 0.187 e. The average Bonchev–Trinajstić information content (AvgIpc) is 2.86. The van der Waals surface area contributed by atoms with Crippen molar-refractivity contribution in [2.24, 2.45) is 0 Å². The standard InChI is InChI=1S/C13H13F2NO2/c1-8(12-3-2-4-18-12)16-7-9-5-10(14)13(17)11(15)6-9/h2-6,8,16-17H,7H2,1H3. The summed E-state index contributed by atoms with van der Waals surface area (Å²) in [7, 11) is 0. The third-order valence-electron chi connectivity index (χ3n) is 2.66. The fraction of sp³-hybridized carbons (Fsp3) is 0.231. The van der Waals surface area contributed by atoms with Crippen LogP contribution in [0.5, 0.6) is 5.75 Å². The Hall–Kier alpha value is -1.88. The Morgan fingerprint density at radius 3 is 2.56 bits per heavy atom. The summed E-state index contributed by atoms with van der Waals surface area (Å²) in [6.45, 7) is 2.15. The number of nitrogens with one attached hydrogen (secondary N) is 1. The van der Waals surface area contributed by atoms with Crippen molar-refractivity contribution in [2.75, 3.05) is 0 Å². The van der Waals surface area contributed by atoms with Gasteiger partial charge in [-0.2, -0.15) is 0 Å². The van der Waals surface area contributed by atoms with Crippen LogP contribution in [0.1, 0.15) is 24.3 Å². The number of furan rings is 1. The molecule has 0 aliphatic rings. The highest BCUT2D eigenvalue weighted by Gasteiger charge is 2.11. The van der Waals surface area contributed by atoms with Crippen molar-refractivity contribution in [1.29, 1.82) is 0 Å². The number of aromatic hydroxyl groups is 1. The van der Waals surface area contributed by atoms with Gasteiger partial charge in [0.15, 0.2) is 17.4 Å². The van der Waals surface area contributed by atoms with E-state index in [0.29, 0.717) is 5.56 Å². The van der Waals surface area contributed by atoms with Crippen molar-refractivity contribution in [3.63, 3.8) is 0 Å². The van der Waals surface area contributed by atoms with E-state index in [0.717, 1.165) is 17.9 Å². The minimum Gasteiger partial charge on any atom is -0.503 e. The van der Waals surface area contributed by atoms with Crippen LogP contribution in [0.25, 0.3) is 0 Å². The normalized spacial score (nSPS) is 12.6. The highest BCUT2D eigenvalue weighted by Crippen LogP contribution is 2.22. The van der Waals surface area contributed by atoms with E-state index in [1.807, 2.05) is 13.0 Å². The first-order chi connectivity index (χ1) is 8.58.